The number of aromatic nitrogens is 2. The van der Waals surface area contributed by atoms with Gasteiger partial charge in [0.05, 0.1) is 11.6 Å². The van der Waals surface area contributed by atoms with Gasteiger partial charge >= 0.3 is 6.18 Å². The third-order valence-electron chi connectivity index (χ3n) is 5.96. The van der Waals surface area contributed by atoms with Crippen molar-refractivity contribution in [2.45, 2.75) is 18.6 Å². The molecule has 154 valence electrons. The standard InChI is InChI=1S/C22H19F3N4O/c23-22(24,25)21-26-17-9-5-4-8-16(17)19(27-21)29-11-10-15-12-28(13-18(15)29)20(30)14-6-2-1-3-7-14/h1-9,15,18H,10-13H2. The van der Waals surface area contributed by atoms with E-state index < -0.39 is 12.0 Å². The Kier molecular flexibility index (Phi) is 4.38. The zero-order valence-corrected chi connectivity index (χ0v) is 16.0. The number of hydrogen-bond donors (Lipinski definition) is 0. The molecule has 0 spiro atoms. The lowest BCUT2D eigenvalue weighted by Crippen LogP contribution is -2.38. The molecule has 1 amide bonds. The normalized spacial score (nSPS) is 21.3. The second-order valence-corrected chi connectivity index (χ2v) is 7.77. The maximum absolute atomic E-state index is 13.4. The van der Waals surface area contributed by atoms with Gasteiger partial charge in [-0.15, -0.1) is 0 Å². The van der Waals surface area contributed by atoms with E-state index in [0.29, 0.717) is 36.4 Å². The zero-order chi connectivity index (χ0) is 20.9. The molecule has 0 bridgehead atoms. The predicted molar refractivity (Wildman–Crippen MR) is 106 cm³/mol. The molecule has 2 unspecified atom stereocenters. The first-order chi connectivity index (χ1) is 14.4. The van der Waals surface area contributed by atoms with E-state index in [-0.39, 0.29) is 23.4 Å². The van der Waals surface area contributed by atoms with E-state index >= 15 is 0 Å². The maximum Gasteiger partial charge on any atom is 0.451 e. The molecular weight excluding hydrogens is 393 g/mol. The first kappa shape index (κ1) is 18.8. The summed E-state index contributed by atoms with van der Waals surface area (Å²) in [5, 5.41) is 0.596. The minimum Gasteiger partial charge on any atom is -0.351 e. The average Bonchev–Trinajstić information content (AvgIpc) is 3.33. The summed E-state index contributed by atoms with van der Waals surface area (Å²) < 4.78 is 40.2. The third-order valence-corrected chi connectivity index (χ3v) is 5.96. The zero-order valence-electron chi connectivity index (χ0n) is 16.0. The Morgan fingerprint density at radius 3 is 2.47 bits per heavy atom. The molecule has 3 aromatic rings. The molecule has 2 aliphatic heterocycles. The molecule has 0 radical (unpaired) electrons. The van der Waals surface area contributed by atoms with Gasteiger partial charge in [-0.1, -0.05) is 30.3 Å². The maximum atomic E-state index is 13.4. The molecule has 8 heteroatoms. The molecule has 2 atom stereocenters. The van der Waals surface area contributed by atoms with Gasteiger partial charge in [0, 0.05) is 36.5 Å². The summed E-state index contributed by atoms with van der Waals surface area (Å²) >= 11 is 0. The highest BCUT2D eigenvalue weighted by Crippen LogP contribution is 2.39. The number of nitrogens with zero attached hydrogens (tertiary/aromatic N) is 4. The molecule has 3 heterocycles. The SMILES string of the molecule is O=C(c1ccccc1)N1CC2CCN(c3nc(C(F)(F)F)nc4ccccc34)C2C1. The lowest BCUT2D eigenvalue weighted by atomic mass is 10.1. The second-order valence-electron chi connectivity index (χ2n) is 7.77. The van der Waals surface area contributed by atoms with E-state index in [4.69, 9.17) is 0 Å². The van der Waals surface area contributed by atoms with Crippen molar-refractivity contribution in [1.29, 1.82) is 0 Å². The van der Waals surface area contributed by atoms with Crippen LogP contribution in [0.15, 0.2) is 54.6 Å². The molecule has 1 aromatic heterocycles. The quantitative estimate of drug-likeness (QED) is 0.639. The van der Waals surface area contributed by atoms with Crippen LogP contribution in [0.4, 0.5) is 19.0 Å². The van der Waals surface area contributed by atoms with Crippen LogP contribution in [0.1, 0.15) is 22.6 Å². The Bertz CT molecular complexity index is 1100. The lowest BCUT2D eigenvalue weighted by Gasteiger charge is -2.27. The Morgan fingerprint density at radius 1 is 0.967 bits per heavy atom. The van der Waals surface area contributed by atoms with Crippen LogP contribution in [0.3, 0.4) is 0 Å². The molecule has 30 heavy (non-hydrogen) atoms. The van der Waals surface area contributed by atoms with Crippen LogP contribution in [0.25, 0.3) is 10.9 Å². The number of halogens is 3. The van der Waals surface area contributed by atoms with Crippen molar-refractivity contribution in [2.24, 2.45) is 5.92 Å². The van der Waals surface area contributed by atoms with Gasteiger partial charge in [0.2, 0.25) is 5.82 Å². The van der Waals surface area contributed by atoms with Gasteiger partial charge in [-0.3, -0.25) is 4.79 Å². The van der Waals surface area contributed by atoms with E-state index in [9.17, 15) is 18.0 Å². The molecule has 0 aliphatic carbocycles. The number of anilines is 1. The molecule has 2 fully saturated rings. The molecule has 2 aliphatic rings. The topological polar surface area (TPSA) is 49.3 Å². The number of fused-ring (bicyclic) bond motifs is 2. The molecule has 0 saturated carbocycles. The smallest absolute Gasteiger partial charge is 0.351 e. The number of carbonyl (C=O) groups is 1. The van der Waals surface area contributed by atoms with Crippen molar-refractivity contribution < 1.29 is 18.0 Å². The van der Waals surface area contributed by atoms with Gasteiger partial charge < -0.3 is 9.80 Å². The van der Waals surface area contributed by atoms with Crippen LogP contribution in [0, 0.1) is 5.92 Å². The van der Waals surface area contributed by atoms with Crippen LogP contribution < -0.4 is 4.90 Å². The van der Waals surface area contributed by atoms with Crippen molar-refractivity contribution in [3.8, 4) is 0 Å². The second kappa shape index (κ2) is 6.97. The number of likely N-dealkylation sites (tertiary alicyclic amines) is 1. The Balaban J connectivity index is 1.49. The summed E-state index contributed by atoms with van der Waals surface area (Å²) in [4.78, 5) is 24.2. The Labute approximate surface area is 171 Å². The third kappa shape index (κ3) is 3.16. The summed E-state index contributed by atoms with van der Waals surface area (Å²) in [5.74, 6) is -0.668. The van der Waals surface area contributed by atoms with Crippen LogP contribution in [0.2, 0.25) is 0 Å². The number of carbonyl (C=O) groups excluding carboxylic acids is 1. The average molecular weight is 412 g/mol. The summed E-state index contributed by atoms with van der Waals surface area (Å²) in [6.45, 7) is 1.68. The van der Waals surface area contributed by atoms with Gasteiger partial charge in [-0.2, -0.15) is 13.2 Å². The minimum atomic E-state index is -4.62. The number of para-hydroxylation sites is 1. The van der Waals surface area contributed by atoms with Gasteiger partial charge in [0.15, 0.2) is 0 Å². The highest BCUT2D eigenvalue weighted by molar-refractivity contribution is 5.94. The van der Waals surface area contributed by atoms with Crippen molar-refractivity contribution >= 4 is 22.6 Å². The summed E-state index contributed by atoms with van der Waals surface area (Å²) in [7, 11) is 0. The highest BCUT2D eigenvalue weighted by atomic mass is 19.4. The van der Waals surface area contributed by atoms with Crippen molar-refractivity contribution in [3.63, 3.8) is 0 Å². The van der Waals surface area contributed by atoms with Crippen LogP contribution in [0.5, 0.6) is 0 Å². The van der Waals surface area contributed by atoms with Gasteiger partial charge in [-0.05, 0) is 30.7 Å². The van der Waals surface area contributed by atoms with Gasteiger partial charge in [0.1, 0.15) is 5.82 Å². The Morgan fingerprint density at radius 2 is 1.70 bits per heavy atom. The largest absolute Gasteiger partial charge is 0.451 e. The monoisotopic (exact) mass is 412 g/mol. The lowest BCUT2D eigenvalue weighted by molar-refractivity contribution is -0.144. The van der Waals surface area contributed by atoms with Gasteiger partial charge in [0.25, 0.3) is 5.91 Å². The number of benzene rings is 2. The van der Waals surface area contributed by atoms with Crippen molar-refractivity contribution in [3.05, 3.63) is 66.0 Å². The molecule has 5 nitrogen and oxygen atoms in total. The van der Waals surface area contributed by atoms with E-state index in [1.807, 2.05) is 23.1 Å². The van der Waals surface area contributed by atoms with Crippen LogP contribution in [-0.4, -0.2) is 46.5 Å². The highest BCUT2D eigenvalue weighted by Gasteiger charge is 2.45. The number of rotatable bonds is 2. The first-order valence-electron chi connectivity index (χ1n) is 9.87. The predicted octanol–water partition coefficient (Wildman–Crippen LogP) is 4.00. The fourth-order valence-electron chi connectivity index (χ4n) is 4.56. The molecular formula is C22H19F3N4O. The Hall–Kier alpha value is -3.16. The summed E-state index contributed by atoms with van der Waals surface area (Å²) in [6, 6.07) is 15.8. The fraction of sp³-hybridized carbons (Fsp3) is 0.318. The summed E-state index contributed by atoms with van der Waals surface area (Å²) in [6.07, 6.45) is -3.81. The molecule has 5 rings (SSSR count). The van der Waals surface area contributed by atoms with E-state index in [2.05, 4.69) is 9.97 Å². The van der Waals surface area contributed by atoms with Crippen molar-refractivity contribution in [1.82, 2.24) is 14.9 Å². The molecule has 2 saturated heterocycles. The fourth-order valence-corrected chi connectivity index (χ4v) is 4.56. The minimum absolute atomic E-state index is 0.0477. The van der Waals surface area contributed by atoms with E-state index in [1.165, 1.54) is 0 Å². The summed E-state index contributed by atoms with van der Waals surface area (Å²) in [5.41, 5.74) is 0.893. The van der Waals surface area contributed by atoms with E-state index in [0.717, 1.165) is 6.42 Å². The number of amides is 1. The van der Waals surface area contributed by atoms with Crippen LogP contribution in [-0.2, 0) is 6.18 Å². The van der Waals surface area contributed by atoms with Gasteiger partial charge in [-0.25, -0.2) is 9.97 Å². The number of alkyl halides is 3. The molecule has 2 aromatic carbocycles. The molecule has 0 N–H and O–H groups in total. The van der Waals surface area contributed by atoms with E-state index in [1.54, 1.807) is 41.3 Å². The van der Waals surface area contributed by atoms with Crippen LogP contribution >= 0.6 is 0 Å². The van der Waals surface area contributed by atoms with Crippen molar-refractivity contribution in [2.75, 3.05) is 24.5 Å². The number of hydrogen-bond acceptors (Lipinski definition) is 4. The first-order valence-corrected chi connectivity index (χ1v) is 9.87.